The fourth-order valence-corrected chi connectivity index (χ4v) is 2.01. The van der Waals surface area contributed by atoms with E-state index < -0.39 is 17.6 Å². The summed E-state index contributed by atoms with van der Waals surface area (Å²) in [4.78, 5) is 15.6. The van der Waals surface area contributed by atoms with Crippen molar-refractivity contribution in [2.75, 3.05) is 0 Å². The minimum Gasteiger partial charge on any atom is -0.348 e. The molecule has 0 bridgehead atoms. The molecule has 0 saturated carbocycles. The first-order chi connectivity index (χ1) is 10.9. The lowest BCUT2D eigenvalue weighted by atomic mass is 10.1. The third-order valence-electron chi connectivity index (χ3n) is 2.91. The molecule has 0 aliphatic rings. The fourth-order valence-electron chi connectivity index (χ4n) is 1.79. The van der Waals surface area contributed by atoms with E-state index >= 15 is 0 Å². The van der Waals surface area contributed by atoms with Gasteiger partial charge in [-0.2, -0.15) is 13.2 Å². The van der Waals surface area contributed by atoms with E-state index in [9.17, 15) is 18.0 Å². The van der Waals surface area contributed by atoms with E-state index in [1.54, 1.807) is 24.5 Å². The van der Waals surface area contributed by atoms with Crippen molar-refractivity contribution in [2.24, 2.45) is 0 Å². The highest BCUT2D eigenvalue weighted by Gasteiger charge is 2.33. The van der Waals surface area contributed by atoms with Crippen molar-refractivity contribution in [1.29, 1.82) is 0 Å². The van der Waals surface area contributed by atoms with Crippen LogP contribution in [0.15, 0.2) is 48.8 Å². The number of carbonyl (C=O) groups excluding carboxylic acids is 1. The van der Waals surface area contributed by atoms with Crippen molar-refractivity contribution >= 4 is 23.6 Å². The molecule has 1 heterocycles. The predicted molar refractivity (Wildman–Crippen MR) is 81.6 cm³/mol. The lowest BCUT2D eigenvalue weighted by Gasteiger charge is -2.09. The Kier molecular flexibility index (Phi) is 5.39. The molecule has 1 N–H and O–H groups in total. The molecular formula is C16H12ClF3N2O. The van der Waals surface area contributed by atoms with Gasteiger partial charge in [0.25, 0.3) is 0 Å². The van der Waals surface area contributed by atoms with Gasteiger partial charge in [-0.05, 0) is 35.4 Å². The van der Waals surface area contributed by atoms with Crippen molar-refractivity contribution in [1.82, 2.24) is 10.3 Å². The second kappa shape index (κ2) is 7.28. The molecule has 2 aromatic rings. The van der Waals surface area contributed by atoms with Gasteiger partial charge < -0.3 is 5.32 Å². The van der Waals surface area contributed by atoms with E-state index in [-0.39, 0.29) is 17.1 Å². The summed E-state index contributed by atoms with van der Waals surface area (Å²) in [5.74, 6) is -0.419. The Labute approximate surface area is 135 Å². The Morgan fingerprint density at radius 2 is 2.09 bits per heavy atom. The number of pyridine rings is 1. The maximum absolute atomic E-state index is 12.7. The van der Waals surface area contributed by atoms with Gasteiger partial charge in [-0.3, -0.25) is 9.78 Å². The molecule has 0 saturated heterocycles. The normalized spacial score (nSPS) is 11.7. The fraction of sp³-hybridized carbons (Fsp3) is 0.125. The maximum Gasteiger partial charge on any atom is 0.417 e. The summed E-state index contributed by atoms with van der Waals surface area (Å²) in [5, 5.41) is 2.23. The van der Waals surface area contributed by atoms with E-state index in [0.29, 0.717) is 0 Å². The summed E-state index contributed by atoms with van der Waals surface area (Å²) in [5.41, 5.74) is 0.121. The van der Waals surface area contributed by atoms with E-state index in [0.717, 1.165) is 17.7 Å². The third-order valence-corrected chi connectivity index (χ3v) is 3.24. The lowest BCUT2D eigenvalue weighted by molar-refractivity contribution is -0.137. The van der Waals surface area contributed by atoms with E-state index in [2.05, 4.69) is 10.3 Å². The van der Waals surface area contributed by atoms with Crippen LogP contribution in [0.5, 0.6) is 0 Å². The molecule has 0 aliphatic heterocycles. The molecule has 0 unspecified atom stereocenters. The van der Waals surface area contributed by atoms with Gasteiger partial charge in [0, 0.05) is 25.0 Å². The number of halogens is 4. The smallest absolute Gasteiger partial charge is 0.348 e. The van der Waals surface area contributed by atoms with Crippen LogP contribution >= 0.6 is 11.6 Å². The van der Waals surface area contributed by atoms with E-state index in [4.69, 9.17) is 11.6 Å². The molecule has 0 aliphatic carbocycles. The first-order valence-corrected chi connectivity index (χ1v) is 6.95. The molecule has 120 valence electrons. The molecule has 2 rings (SSSR count). The number of hydrogen-bond acceptors (Lipinski definition) is 2. The number of benzene rings is 1. The zero-order valence-electron chi connectivity index (χ0n) is 11.8. The van der Waals surface area contributed by atoms with Gasteiger partial charge >= 0.3 is 6.18 Å². The van der Waals surface area contributed by atoms with Crippen LogP contribution in [0.25, 0.3) is 6.08 Å². The van der Waals surface area contributed by atoms with Gasteiger partial charge in [-0.25, -0.2) is 0 Å². The number of nitrogens with one attached hydrogen (secondary N) is 1. The van der Waals surface area contributed by atoms with Crippen LogP contribution in [0.1, 0.15) is 16.7 Å². The zero-order valence-corrected chi connectivity index (χ0v) is 12.5. The average molecular weight is 341 g/mol. The average Bonchev–Trinajstić information content (AvgIpc) is 2.52. The van der Waals surface area contributed by atoms with E-state index in [1.165, 1.54) is 18.2 Å². The van der Waals surface area contributed by atoms with Crippen LogP contribution in [0.2, 0.25) is 5.02 Å². The maximum atomic E-state index is 12.7. The number of aromatic nitrogens is 1. The standard InChI is InChI=1S/C16H12ClF3N2O/c17-14-5-3-11(8-13(14)16(18,19)20)4-6-15(23)22-10-12-2-1-7-21-9-12/h1-9H,10H2,(H,22,23)/b6-4+. The van der Waals surface area contributed by atoms with Crippen LogP contribution in [-0.4, -0.2) is 10.9 Å². The van der Waals surface area contributed by atoms with Gasteiger partial charge in [-0.15, -0.1) is 0 Å². The number of hydrogen-bond donors (Lipinski definition) is 1. The molecule has 0 spiro atoms. The van der Waals surface area contributed by atoms with Gasteiger partial charge in [0.1, 0.15) is 0 Å². The van der Waals surface area contributed by atoms with Crippen LogP contribution < -0.4 is 5.32 Å². The van der Waals surface area contributed by atoms with Crippen LogP contribution in [0.4, 0.5) is 13.2 Å². The first-order valence-electron chi connectivity index (χ1n) is 6.58. The highest BCUT2D eigenvalue weighted by molar-refractivity contribution is 6.31. The summed E-state index contributed by atoms with van der Waals surface area (Å²) >= 11 is 5.53. The molecule has 1 aromatic heterocycles. The summed E-state index contributed by atoms with van der Waals surface area (Å²) in [6.45, 7) is 0.283. The SMILES string of the molecule is O=C(/C=C/c1ccc(Cl)c(C(F)(F)F)c1)NCc1cccnc1. The van der Waals surface area contributed by atoms with Crippen LogP contribution in [-0.2, 0) is 17.5 Å². The summed E-state index contributed by atoms with van der Waals surface area (Å²) in [7, 11) is 0. The van der Waals surface area contributed by atoms with Crippen LogP contribution in [0, 0.1) is 0 Å². The lowest BCUT2D eigenvalue weighted by Crippen LogP contribution is -2.20. The first kappa shape index (κ1) is 17.0. The number of alkyl halides is 3. The molecule has 1 amide bonds. The molecule has 1 aromatic carbocycles. The number of nitrogens with zero attached hydrogens (tertiary/aromatic N) is 1. The molecular weight excluding hydrogens is 329 g/mol. The van der Waals surface area contributed by atoms with Gasteiger partial charge in [-0.1, -0.05) is 23.7 Å². The van der Waals surface area contributed by atoms with Gasteiger partial charge in [0.2, 0.25) is 5.91 Å². The molecule has 0 radical (unpaired) electrons. The number of carbonyl (C=O) groups is 1. The Hall–Kier alpha value is -2.34. The van der Waals surface area contributed by atoms with Crippen molar-refractivity contribution in [3.05, 3.63) is 70.5 Å². The largest absolute Gasteiger partial charge is 0.417 e. The number of rotatable bonds is 4. The predicted octanol–water partition coefficient (Wildman–Crippen LogP) is 4.08. The third kappa shape index (κ3) is 5.10. The highest BCUT2D eigenvalue weighted by Crippen LogP contribution is 2.35. The zero-order chi connectivity index (χ0) is 16.9. The Morgan fingerprint density at radius 1 is 1.30 bits per heavy atom. The minimum atomic E-state index is -4.54. The van der Waals surface area contributed by atoms with Crippen molar-refractivity contribution < 1.29 is 18.0 Å². The van der Waals surface area contributed by atoms with Crippen LogP contribution in [0.3, 0.4) is 0 Å². The molecule has 23 heavy (non-hydrogen) atoms. The molecule has 3 nitrogen and oxygen atoms in total. The molecule has 0 atom stereocenters. The topological polar surface area (TPSA) is 42.0 Å². The Bertz CT molecular complexity index is 715. The second-order valence-electron chi connectivity index (χ2n) is 4.65. The summed E-state index contributed by atoms with van der Waals surface area (Å²) in [6.07, 6.45) is 1.15. The van der Waals surface area contributed by atoms with Crippen molar-refractivity contribution in [3.63, 3.8) is 0 Å². The number of amides is 1. The monoisotopic (exact) mass is 340 g/mol. The molecule has 0 fully saturated rings. The summed E-state index contributed by atoms with van der Waals surface area (Å²) in [6, 6.07) is 6.99. The highest BCUT2D eigenvalue weighted by atomic mass is 35.5. The quantitative estimate of drug-likeness (QED) is 0.852. The molecule has 7 heteroatoms. The summed E-state index contributed by atoms with van der Waals surface area (Å²) < 4.78 is 38.2. The van der Waals surface area contributed by atoms with Crippen molar-refractivity contribution in [3.8, 4) is 0 Å². The van der Waals surface area contributed by atoms with Gasteiger partial charge in [0.15, 0.2) is 0 Å². The Balaban J connectivity index is 2.01. The van der Waals surface area contributed by atoms with Gasteiger partial charge in [0.05, 0.1) is 10.6 Å². The minimum absolute atomic E-state index is 0.234. The van der Waals surface area contributed by atoms with E-state index in [1.807, 2.05) is 0 Å². The second-order valence-corrected chi connectivity index (χ2v) is 5.06. The van der Waals surface area contributed by atoms with Crippen molar-refractivity contribution in [2.45, 2.75) is 12.7 Å². The Morgan fingerprint density at radius 3 is 2.74 bits per heavy atom.